The van der Waals surface area contributed by atoms with Gasteiger partial charge in [0.15, 0.2) is 0 Å². The van der Waals surface area contributed by atoms with Gasteiger partial charge in [-0.15, -0.1) is 0 Å². The quantitative estimate of drug-likeness (QED) is 0.0446. The van der Waals surface area contributed by atoms with Crippen LogP contribution in [0.25, 0.3) is 0 Å². The number of aromatic amines is 1. The minimum absolute atomic E-state index is 0.00125. The van der Waals surface area contributed by atoms with Crippen LogP contribution < -0.4 is 43.0 Å². The van der Waals surface area contributed by atoms with Gasteiger partial charge in [-0.25, -0.2) is 9.78 Å². The lowest BCUT2D eigenvalue weighted by Crippen LogP contribution is -2.60. The summed E-state index contributed by atoms with van der Waals surface area (Å²) in [5.41, 5.74) is 6.33. The van der Waals surface area contributed by atoms with Crippen molar-refractivity contribution in [2.75, 3.05) is 24.7 Å². The van der Waals surface area contributed by atoms with Crippen LogP contribution in [0.1, 0.15) is 66.5 Å². The number of thiol groups is 2. The Labute approximate surface area is 365 Å². The van der Waals surface area contributed by atoms with Crippen molar-refractivity contribution in [1.29, 1.82) is 0 Å². The Balaban J connectivity index is 2.09. The average Bonchev–Trinajstić information content (AvgIpc) is 3.92. The maximum atomic E-state index is 13.7. The third-order valence-corrected chi connectivity index (χ3v) is 10.4. The van der Waals surface area contributed by atoms with Crippen molar-refractivity contribution in [1.82, 2.24) is 52.1 Å². The van der Waals surface area contributed by atoms with Gasteiger partial charge in [-0.05, 0) is 44.9 Å². The van der Waals surface area contributed by atoms with Crippen LogP contribution in [0.2, 0.25) is 0 Å². The van der Waals surface area contributed by atoms with Crippen LogP contribution in [0.15, 0.2) is 12.5 Å². The lowest BCUT2D eigenvalue weighted by molar-refractivity contribution is -0.142. The summed E-state index contributed by atoms with van der Waals surface area (Å²) < 4.78 is 0. The summed E-state index contributed by atoms with van der Waals surface area (Å²) in [5.74, 6) is -8.04. The molecule has 61 heavy (non-hydrogen) atoms. The number of hydrogen-bond donors (Lipinski definition) is 13. The number of carbonyl (C=O) groups is 9. The summed E-state index contributed by atoms with van der Waals surface area (Å²) in [6, 6.07) is -10.9. The molecule has 1 aliphatic rings. The molecule has 1 aliphatic heterocycles. The van der Waals surface area contributed by atoms with E-state index in [1.54, 1.807) is 13.8 Å². The summed E-state index contributed by atoms with van der Waals surface area (Å²) in [6.07, 6.45) is 3.64. The second kappa shape index (κ2) is 25.1. The molecule has 8 amide bonds. The number of carbonyl (C=O) groups excluding carboxylic acids is 8. The fourth-order valence-electron chi connectivity index (χ4n) is 6.19. The van der Waals surface area contributed by atoms with Crippen LogP contribution in [0.3, 0.4) is 0 Å². The molecule has 1 aromatic rings. The lowest BCUT2D eigenvalue weighted by Gasteiger charge is -2.30. The van der Waals surface area contributed by atoms with Gasteiger partial charge in [-0.1, -0.05) is 27.7 Å². The highest BCUT2D eigenvalue weighted by Gasteiger charge is 2.39. The highest BCUT2D eigenvalue weighted by atomic mass is 32.1. The first-order valence-corrected chi connectivity index (χ1v) is 21.1. The first kappa shape index (κ1) is 52.2. The van der Waals surface area contributed by atoms with Gasteiger partial charge in [-0.3, -0.25) is 38.4 Å². The Morgan fingerprint density at radius 1 is 0.770 bits per heavy atom. The van der Waals surface area contributed by atoms with Gasteiger partial charge >= 0.3 is 5.97 Å². The van der Waals surface area contributed by atoms with Gasteiger partial charge in [0.05, 0.1) is 19.0 Å². The molecule has 342 valence electrons. The number of carboxylic acids is 1. The Morgan fingerprint density at radius 3 is 1.90 bits per heavy atom. The monoisotopic (exact) mass is 899 g/mol. The van der Waals surface area contributed by atoms with E-state index >= 15 is 0 Å². The predicted molar refractivity (Wildman–Crippen MR) is 227 cm³/mol. The Morgan fingerprint density at radius 2 is 1.36 bits per heavy atom. The summed E-state index contributed by atoms with van der Waals surface area (Å²) in [4.78, 5) is 125. The zero-order valence-corrected chi connectivity index (χ0v) is 36.9. The molecule has 0 saturated carbocycles. The normalized spacial score (nSPS) is 17.7. The lowest BCUT2D eigenvalue weighted by atomic mass is 10.0. The fraction of sp³-hybridized carbons (Fsp3) is 0.676. The molecule has 0 aliphatic carbocycles. The predicted octanol–water partition coefficient (Wildman–Crippen LogP) is -3.66. The van der Waals surface area contributed by atoms with Crippen LogP contribution in [-0.4, -0.2) is 157 Å². The number of H-pyrrole nitrogens is 1. The minimum Gasteiger partial charge on any atom is -0.480 e. The van der Waals surface area contributed by atoms with Crippen molar-refractivity contribution in [3.63, 3.8) is 0 Å². The van der Waals surface area contributed by atoms with Crippen LogP contribution in [0.4, 0.5) is 0 Å². The third kappa shape index (κ3) is 16.1. The molecule has 12 N–H and O–H groups in total. The van der Waals surface area contributed by atoms with Gasteiger partial charge in [-0.2, -0.15) is 25.3 Å². The SMILES string of the molecule is CC(C)C[C@H](NC(=O)[C@H](Cc1cnc[nH]1)NC(=O)[C@@H](N)CS)C(=O)N[C@@H](C)C(=O)N1CCC[C@H]1C(=O)N[C@@H](CO)C(=O)N[C@@H](C)C(=O)N[C@H](C(=O)N[C@@H](CS)C(=O)O)C(C)C. The molecule has 2 rings (SSSR count). The Kier molecular flexibility index (Phi) is 21.5. The number of amides is 8. The van der Waals surface area contributed by atoms with Crippen LogP contribution in [0, 0.1) is 11.8 Å². The fourth-order valence-corrected chi connectivity index (χ4v) is 6.60. The molecule has 22 nitrogen and oxygen atoms in total. The van der Waals surface area contributed by atoms with Crippen LogP contribution >= 0.6 is 25.3 Å². The number of aliphatic carboxylic acids is 1. The number of nitrogens with zero attached hydrogens (tertiary/aromatic N) is 2. The van der Waals surface area contributed by atoms with Crippen molar-refractivity contribution in [2.24, 2.45) is 17.6 Å². The summed E-state index contributed by atoms with van der Waals surface area (Å²) in [7, 11) is 0. The first-order valence-electron chi connectivity index (χ1n) is 19.9. The number of hydrogen-bond acceptors (Lipinski definition) is 14. The van der Waals surface area contributed by atoms with E-state index in [-0.39, 0.29) is 43.2 Å². The smallest absolute Gasteiger partial charge is 0.327 e. The van der Waals surface area contributed by atoms with E-state index in [0.29, 0.717) is 12.1 Å². The molecule has 0 bridgehead atoms. The molecule has 1 aromatic heterocycles. The summed E-state index contributed by atoms with van der Waals surface area (Å²) in [5, 5.41) is 36.7. The molecule has 0 radical (unpaired) electrons. The number of likely N-dealkylation sites (tertiary alicyclic amines) is 1. The number of aliphatic hydroxyl groups excluding tert-OH is 1. The highest BCUT2D eigenvalue weighted by molar-refractivity contribution is 7.80. The highest BCUT2D eigenvalue weighted by Crippen LogP contribution is 2.19. The standard InChI is InChI=1S/C37H61N11O11S2/c1-17(2)10-23(44-32(53)24(11-21-12-39-16-40-21)43-30(51)22(38)14-60)31(52)42-20(6)36(57)48-9-7-8-27(48)34(55)45-25(13-49)33(54)41-19(5)29(50)47-28(18(3)4)35(56)46-26(15-61)37(58)59/h12,16-20,22-28,49,60-61H,7-11,13-15,38H2,1-6H3,(H,39,40)(H,41,54)(H,42,52)(H,43,51)(H,44,53)(H,45,55)(H,46,56)(H,47,50)(H,58,59)/t19-,20-,22-,23-,24-,25-,26-,27-,28-/m0/s1. The zero-order valence-electron chi connectivity index (χ0n) is 35.1. The number of nitrogens with one attached hydrogen (secondary N) is 8. The number of nitrogens with two attached hydrogens (primary N) is 1. The molecule has 2 heterocycles. The number of carboxylic acid groups (broad SMARTS) is 1. The van der Waals surface area contributed by atoms with E-state index in [0.717, 1.165) is 0 Å². The second-order valence-corrected chi connectivity index (χ2v) is 16.3. The molecule has 0 spiro atoms. The zero-order chi connectivity index (χ0) is 46.1. The molecular formula is C37H61N11O11S2. The van der Waals surface area contributed by atoms with Crippen molar-refractivity contribution < 1.29 is 53.4 Å². The van der Waals surface area contributed by atoms with Gasteiger partial charge < -0.3 is 63.0 Å². The van der Waals surface area contributed by atoms with E-state index in [4.69, 9.17) is 5.73 Å². The number of aromatic nitrogens is 2. The van der Waals surface area contributed by atoms with Gasteiger partial charge in [0, 0.05) is 36.4 Å². The molecule has 24 heteroatoms. The Hall–Kier alpha value is -4.94. The van der Waals surface area contributed by atoms with Crippen molar-refractivity contribution in [3.8, 4) is 0 Å². The van der Waals surface area contributed by atoms with E-state index in [1.165, 1.54) is 31.3 Å². The molecule has 0 unspecified atom stereocenters. The van der Waals surface area contributed by atoms with Crippen molar-refractivity contribution in [3.05, 3.63) is 18.2 Å². The van der Waals surface area contributed by atoms with Crippen LogP contribution in [-0.2, 0) is 49.6 Å². The molecule has 9 atom stereocenters. The number of aliphatic hydroxyl groups is 1. The van der Waals surface area contributed by atoms with Crippen LogP contribution in [0.5, 0.6) is 0 Å². The van der Waals surface area contributed by atoms with Gasteiger partial charge in [0.1, 0.15) is 48.3 Å². The van der Waals surface area contributed by atoms with E-state index in [1.807, 2.05) is 13.8 Å². The molecule has 1 fully saturated rings. The van der Waals surface area contributed by atoms with Gasteiger partial charge in [0.2, 0.25) is 47.3 Å². The third-order valence-electron chi connectivity index (χ3n) is 9.66. The molecular weight excluding hydrogens is 839 g/mol. The summed E-state index contributed by atoms with van der Waals surface area (Å²) in [6.45, 7) is 8.85. The summed E-state index contributed by atoms with van der Waals surface area (Å²) >= 11 is 7.96. The average molecular weight is 900 g/mol. The first-order chi connectivity index (χ1) is 28.6. The number of imidazole rings is 1. The molecule has 1 saturated heterocycles. The maximum Gasteiger partial charge on any atom is 0.327 e. The number of rotatable bonds is 24. The van der Waals surface area contributed by atoms with Crippen molar-refractivity contribution in [2.45, 2.75) is 122 Å². The second-order valence-electron chi connectivity index (χ2n) is 15.5. The van der Waals surface area contributed by atoms with Crippen molar-refractivity contribution >= 4 is 78.5 Å². The minimum atomic E-state index is -1.55. The topological polar surface area (TPSA) is 336 Å². The Bertz CT molecular complexity index is 1700. The largest absolute Gasteiger partial charge is 0.480 e. The van der Waals surface area contributed by atoms with E-state index in [2.05, 4.69) is 72.4 Å². The van der Waals surface area contributed by atoms with E-state index < -0.39 is 120 Å². The molecule has 0 aromatic carbocycles. The van der Waals surface area contributed by atoms with E-state index in [9.17, 15) is 53.4 Å². The maximum absolute atomic E-state index is 13.7. The van der Waals surface area contributed by atoms with Gasteiger partial charge in [0.25, 0.3) is 0 Å².